The van der Waals surface area contributed by atoms with E-state index >= 15 is 0 Å². The first-order chi connectivity index (χ1) is 10.0. The fourth-order valence-electron chi connectivity index (χ4n) is 3.69. The van der Waals surface area contributed by atoms with Crippen molar-refractivity contribution in [1.82, 2.24) is 9.88 Å². The fourth-order valence-corrected chi connectivity index (χ4v) is 3.69. The van der Waals surface area contributed by atoms with Crippen LogP contribution in [-0.4, -0.2) is 39.0 Å². The van der Waals surface area contributed by atoms with Gasteiger partial charge in [-0.2, -0.15) is 4.39 Å². The first-order valence-electron chi connectivity index (χ1n) is 7.20. The number of pyridine rings is 1. The third-order valence-electron chi connectivity index (χ3n) is 4.50. The molecule has 2 unspecified atom stereocenters. The molecule has 2 saturated heterocycles. The molecule has 1 N–H and O–H groups in total. The molecule has 2 fully saturated rings. The van der Waals surface area contributed by atoms with E-state index in [1.54, 1.807) is 0 Å². The molecule has 6 heteroatoms. The number of carbonyl (C=O) groups excluding carboxylic acids is 1. The molecule has 0 spiro atoms. The zero-order valence-electron chi connectivity index (χ0n) is 11.5. The topological polar surface area (TPSA) is 70.5 Å². The molecule has 5 nitrogen and oxygen atoms in total. The highest BCUT2D eigenvalue weighted by Gasteiger charge is 2.43. The molecule has 0 saturated carbocycles. The van der Waals surface area contributed by atoms with Gasteiger partial charge in [0.1, 0.15) is 0 Å². The van der Waals surface area contributed by atoms with Gasteiger partial charge in [0.05, 0.1) is 5.56 Å². The number of aromatic nitrogens is 1. The van der Waals surface area contributed by atoms with Gasteiger partial charge < -0.3 is 10.0 Å². The Bertz CT molecular complexity index is 547. The van der Waals surface area contributed by atoms with Crippen LogP contribution < -0.4 is 0 Å². The third kappa shape index (κ3) is 2.75. The minimum Gasteiger partial charge on any atom is -0.481 e. The number of hydrogen-bond donors (Lipinski definition) is 1. The van der Waals surface area contributed by atoms with E-state index in [4.69, 9.17) is 5.11 Å². The lowest BCUT2D eigenvalue weighted by Crippen LogP contribution is -2.46. The molecule has 1 amide bonds. The van der Waals surface area contributed by atoms with Gasteiger partial charge >= 0.3 is 5.97 Å². The summed E-state index contributed by atoms with van der Waals surface area (Å²) in [5.74, 6) is -1.35. The molecule has 0 radical (unpaired) electrons. The Balaban J connectivity index is 1.74. The lowest BCUT2D eigenvalue weighted by atomic mass is 9.88. The van der Waals surface area contributed by atoms with Crippen molar-refractivity contribution in [3.05, 3.63) is 29.8 Å². The van der Waals surface area contributed by atoms with Crippen LogP contribution in [0.15, 0.2) is 18.3 Å². The monoisotopic (exact) mass is 292 g/mol. The van der Waals surface area contributed by atoms with Crippen molar-refractivity contribution >= 4 is 11.9 Å². The number of rotatable bonds is 3. The largest absolute Gasteiger partial charge is 0.481 e. The highest BCUT2D eigenvalue weighted by molar-refractivity contribution is 5.94. The Kier molecular flexibility index (Phi) is 3.61. The first kappa shape index (κ1) is 14.0. The molecular weight excluding hydrogens is 275 g/mol. The standard InChI is InChI=1S/C15H17FN2O3/c16-13-4-1-10(8-17-13)15(21)18-11-2-3-12(18)6-9(5-11)7-14(19)20/h1,4,8-9,11-12H,2-3,5-7H2,(H,19,20). The van der Waals surface area contributed by atoms with Gasteiger partial charge in [0.2, 0.25) is 5.95 Å². The maximum Gasteiger partial charge on any atom is 0.303 e. The zero-order valence-corrected chi connectivity index (χ0v) is 11.5. The Morgan fingerprint density at radius 2 is 1.95 bits per heavy atom. The minimum absolute atomic E-state index is 0.102. The minimum atomic E-state index is -0.776. The SMILES string of the molecule is O=C(O)CC1CC2CCC(C1)N2C(=O)c1ccc(F)nc1. The van der Waals surface area contributed by atoms with Gasteiger partial charge in [-0.15, -0.1) is 0 Å². The second-order valence-electron chi connectivity index (χ2n) is 5.90. The maximum atomic E-state index is 12.8. The molecule has 2 aliphatic heterocycles. The van der Waals surface area contributed by atoms with E-state index in [9.17, 15) is 14.0 Å². The second-order valence-corrected chi connectivity index (χ2v) is 5.90. The average molecular weight is 292 g/mol. The number of aliphatic carboxylic acids is 1. The van der Waals surface area contributed by atoms with E-state index < -0.39 is 11.9 Å². The lowest BCUT2D eigenvalue weighted by molar-refractivity contribution is -0.138. The van der Waals surface area contributed by atoms with Crippen LogP contribution in [0.3, 0.4) is 0 Å². The van der Waals surface area contributed by atoms with Gasteiger partial charge in [-0.05, 0) is 43.7 Å². The summed E-state index contributed by atoms with van der Waals surface area (Å²) in [4.78, 5) is 28.8. The quantitative estimate of drug-likeness (QED) is 0.866. The van der Waals surface area contributed by atoms with Crippen molar-refractivity contribution in [2.45, 2.75) is 44.2 Å². The summed E-state index contributed by atoms with van der Waals surface area (Å²) >= 11 is 0. The Hall–Kier alpha value is -1.98. The summed E-state index contributed by atoms with van der Waals surface area (Å²) in [6.07, 6.45) is 4.75. The molecule has 21 heavy (non-hydrogen) atoms. The summed E-state index contributed by atoms with van der Waals surface area (Å²) < 4.78 is 12.8. The summed E-state index contributed by atoms with van der Waals surface area (Å²) in [6.45, 7) is 0. The number of amides is 1. The van der Waals surface area contributed by atoms with E-state index in [1.807, 2.05) is 4.90 Å². The number of nitrogens with zero attached hydrogens (tertiary/aromatic N) is 2. The normalized spacial score (nSPS) is 27.7. The van der Waals surface area contributed by atoms with Crippen LogP contribution in [0.2, 0.25) is 0 Å². The molecule has 1 aromatic heterocycles. The predicted molar refractivity (Wildman–Crippen MR) is 72.2 cm³/mol. The van der Waals surface area contributed by atoms with Gasteiger partial charge in [-0.1, -0.05) is 0 Å². The van der Waals surface area contributed by atoms with Crippen LogP contribution in [-0.2, 0) is 4.79 Å². The molecule has 0 aromatic carbocycles. The van der Waals surface area contributed by atoms with Gasteiger partial charge in [0, 0.05) is 24.7 Å². The molecule has 3 heterocycles. The summed E-state index contributed by atoms with van der Waals surface area (Å²) in [6, 6.07) is 2.84. The van der Waals surface area contributed by atoms with Crippen LogP contribution in [0.25, 0.3) is 0 Å². The van der Waals surface area contributed by atoms with Crippen molar-refractivity contribution in [2.75, 3.05) is 0 Å². The fraction of sp³-hybridized carbons (Fsp3) is 0.533. The van der Waals surface area contributed by atoms with E-state index in [-0.39, 0.29) is 30.3 Å². The van der Waals surface area contributed by atoms with E-state index in [0.717, 1.165) is 25.7 Å². The van der Waals surface area contributed by atoms with Crippen LogP contribution in [0.1, 0.15) is 42.5 Å². The number of piperidine rings is 1. The number of carbonyl (C=O) groups is 2. The van der Waals surface area contributed by atoms with Crippen LogP contribution in [0.5, 0.6) is 0 Å². The van der Waals surface area contributed by atoms with Crippen molar-refractivity contribution in [3.8, 4) is 0 Å². The number of hydrogen-bond acceptors (Lipinski definition) is 3. The lowest BCUT2D eigenvalue weighted by Gasteiger charge is -2.38. The first-order valence-corrected chi connectivity index (χ1v) is 7.20. The van der Waals surface area contributed by atoms with Gasteiger partial charge in [-0.3, -0.25) is 9.59 Å². The molecular formula is C15H17FN2O3. The van der Waals surface area contributed by atoms with Crippen LogP contribution >= 0.6 is 0 Å². The van der Waals surface area contributed by atoms with Gasteiger partial charge in [-0.25, -0.2) is 4.98 Å². The van der Waals surface area contributed by atoms with Crippen LogP contribution in [0, 0.1) is 11.9 Å². The molecule has 2 atom stereocenters. The van der Waals surface area contributed by atoms with Gasteiger partial charge in [0.25, 0.3) is 5.91 Å². The second kappa shape index (κ2) is 5.42. The number of carboxylic acid groups (broad SMARTS) is 1. The van der Waals surface area contributed by atoms with Gasteiger partial charge in [0.15, 0.2) is 0 Å². The molecule has 112 valence electrons. The Morgan fingerprint density at radius 1 is 1.29 bits per heavy atom. The highest BCUT2D eigenvalue weighted by Crippen LogP contribution is 2.40. The number of fused-ring (bicyclic) bond motifs is 2. The van der Waals surface area contributed by atoms with Crippen molar-refractivity contribution in [3.63, 3.8) is 0 Å². The Morgan fingerprint density at radius 3 is 2.48 bits per heavy atom. The van der Waals surface area contributed by atoms with E-state index in [2.05, 4.69) is 4.98 Å². The average Bonchev–Trinajstić information content (AvgIpc) is 2.70. The number of carboxylic acids is 1. The molecule has 3 rings (SSSR count). The van der Waals surface area contributed by atoms with E-state index in [1.165, 1.54) is 18.3 Å². The Labute approximate surface area is 121 Å². The van der Waals surface area contributed by atoms with Crippen LogP contribution in [0.4, 0.5) is 4.39 Å². The smallest absolute Gasteiger partial charge is 0.303 e. The number of halogens is 1. The van der Waals surface area contributed by atoms with Crippen molar-refractivity contribution in [1.29, 1.82) is 0 Å². The van der Waals surface area contributed by atoms with Crippen molar-refractivity contribution in [2.24, 2.45) is 5.92 Å². The maximum absolute atomic E-state index is 12.8. The van der Waals surface area contributed by atoms with E-state index in [0.29, 0.717) is 5.56 Å². The summed E-state index contributed by atoms with van der Waals surface area (Å²) in [5, 5.41) is 8.91. The van der Waals surface area contributed by atoms with Crippen molar-refractivity contribution < 1.29 is 19.1 Å². The molecule has 2 bridgehead atoms. The molecule has 2 aliphatic rings. The summed E-state index contributed by atoms with van der Waals surface area (Å²) in [5.41, 5.74) is 0.394. The highest BCUT2D eigenvalue weighted by atomic mass is 19.1. The summed E-state index contributed by atoms with van der Waals surface area (Å²) in [7, 11) is 0. The third-order valence-corrected chi connectivity index (χ3v) is 4.50. The molecule has 0 aliphatic carbocycles. The predicted octanol–water partition coefficient (Wildman–Crippen LogP) is 2.08. The molecule has 1 aromatic rings. The zero-order chi connectivity index (χ0) is 15.0.